The summed E-state index contributed by atoms with van der Waals surface area (Å²) in [6.45, 7) is 0. The molecule has 2 fully saturated rings. The molecule has 0 unspecified atom stereocenters. The van der Waals surface area contributed by atoms with Crippen LogP contribution in [-0.4, -0.2) is 21.7 Å². The van der Waals surface area contributed by atoms with Crippen molar-refractivity contribution in [2.75, 3.05) is 0 Å². The SMILES string of the molecule is O=C(NC1CCCCCC1)c1cc(-c2ccccc2)nn(C2CCCC2)c1=O. The summed E-state index contributed by atoms with van der Waals surface area (Å²) in [5.74, 6) is -0.247. The molecule has 5 nitrogen and oxygen atoms in total. The molecule has 2 aromatic rings. The van der Waals surface area contributed by atoms with Crippen LogP contribution in [0.2, 0.25) is 0 Å². The van der Waals surface area contributed by atoms with Crippen molar-refractivity contribution in [1.29, 1.82) is 0 Å². The Morgan fingerprint density at radius 1 is 0.929 bits per heavy atom. The maximum absolute atomic E-state index is 13.1. The maximum atomic E-state index is 13.1. The Kier molecular flexibility index (Phi) is 5.89. The van der Waals surface area contributed by atoms with Crippen LogP contribution in [0.1, 0.15) is 80.6 Å². The standard InChI is InChI=1S/C23H29N3O2/c27-22(24-18-12-6-1-2-7-13-18)20-16-21(17-10-4-3-5-11-17)25-26(23(20)28)19-14-8-9-15-19/h3-5,10-11,16,18-19H,1-2,6-9,12-15H2,(H,24,27). The molecule has 0 spiro atoms. The first-order valence-corrected chi connectivity index (χ1v) is 10.7. The Morgan fingerprint density at radius 3 is 2.25 bits per heavy atom. The van der Waals surface area contributed by atoms with E-state index in [4.69, 9.17) is 0 Å². The fraction of sp³-hybridized carbons (Fsp3) is 0.522. The second-order valence-electron chi connectivity index (χ2n) is 8.16. The largest absolute Gasteiger partial charge is 0.349 e. The van der Waals surface area contributed by atoms with Crippen LogP contribution in [0.4, 0.5) is 0 Å². The molecule has 0 radical (unpaired) electrons. The number of hydrogen-bond donors (Lipinski definition) is 1. The van der Waals surface area contributed by atoms with E-state index in [1.54, 1.807) is 10.7 Å². The Balaban J connectivity index is 1.69. The third kappa shape index (κ3) is 4.18. The number of rotatable bonds is 4. The van der Waals surface area contributed by atoms with Gasteiger partial charge in [-0.2, -0.15) is 5.10 Å². The number of carbonyl (C=O) groups is 1. The van der Waals surface area contributed by atoms with Gasteiger partial charge in [-0.1, -0.05) is 68.9 Å². The third-order valence-electron chi connectivity index (χ3n) is 6.11. The zero-order valence-corrected chi connectivity index (χ0v) is 16.4. The van der Waals surface area contributed by atoms with E-state index in [9.17, 15) is 9.59 Å². The van der Waals surface area contributed by atoms with Crippen LogP contribution >= 0.6 is 0 Å². The maximum Gasteiger partial charge on any atom is 0.279 e. The second kappa shape index (κ2) is 8.72. The summed E-state index contributed by atoms with van der Waals surface area (Å²) in [6, 6.07) is 11.7. The van der Waals surface area contributed by atoms with E-state index >= 15 is 0 Å². The van der Waals surface area contributed by atoms with Crippen molar-refractivity contribution in [3.8, 4) is 11.3 Å². The molecule has 4 rings (SSSR count). The summed E-state index contributed by atoms with van der Waals surface area (Å²) in [5, 5.41) is 7.79. The van der Waals surface area contributed by atoms with Gasteiger partial charge in [0, 0.05) is 11.6 Å². The molecule has 2 aliphatic rings. The van der Waals surface area contributed by atoms with Crippen LogP contribution in [0, 0.1) is 0 Å². The van der Waals surface area contributed by atoms with E-state index in [1.807, 2.05) is 30.3 Å². The first kappa shape index (κ1) is 18.9. The zero-order valence-electron chi connectivity index (χ0n) is 16.4. The molecule has 1 aromatic carbocycles. The molecule has 2 saturated carbocycles. The van der Waals surface area contributed by atoms with Gasteiger partial charge < -0.3 is 5.32 Å². The summed E-state index contributed by atoms with van der Waals surface area (Å²) >= 11 is 0. The summed E-state index contributed by atoms with van der Waals surface area (Å²) in [7, 11) is 0. The van der Waals surface area contributed by atoms with E-state index in [0.717, 1.165) is 56.9 Å². The fourth-order valence-corrected chi connectivity index (χ4v) is 4.51. The van der Waals surface area contributed by atoms with Crippen molar-refractivity contribution in [2.45, 2.75) is 76.3 Å². The first-order valence-electron chi connectivity index (χ1n) is 10.7. The lowest BCUT2D eigenvalue weighted by atomic mass is 10.1. The molecular weight excluding hydrogens is 350 g/mol. The number of nitrogens with zero attached hydrogens (tertiary/aromatic N) is 2. The van der Waals surface area contributed by atoms with Crippen LogP contribution in [-0.2, 0) is 0 Å². The number of benzene rings is 1. The monoisotopic (exact) mass is 379 g/mol. The summed E-state index contributed by atoms with van der Waals surface area (Å²) in [4.78, 5) is 26.2. The quantitative estimate of drug-likeness (QED) is 0.797. The molecule has 0 atom stereocenters. The van der Waals surface area contributed by atoms with Crippen molar-refractivity contribution < 1.29 is 4.79 Å². The van der Waals surface area contributed by atoms with Crippen LogP contribution < -0.4 is 10.9 Å². The third-order valence-corrected chi connectivity index (χ3v) is 6.11. The van der Waals surface area contributed by atoms with Gasteiger partial charge in [0.25, 0.3) is 11.5 Å². The Labute approximate surface area is 166 Å². The van der Waals surface area contributed by atoms with Crippen LogP contribution in [0.25, 0.3) is 11.3 Å². The minimum absolute atomic E-state index is 0.0978. The van der Waals surface area contributed by atoms with Crippen molar-refractivity contribution >= 4 is 5.91 Å². The van der Waals surface area contributed by atoms with Gasteiger partial charge in [-0.15, -0.1) is 0 Å². The Morgan fingerprint density at radius 2 is 1.57 bits per heavy atom. The van der Waals surface area contributed by atoms with E-state index in [0.29, 0.717) is 5.69 Å². The highest BCUT2D eigenvalue weighted by atomic mass is 16.2. The van der Waals surface area contributed by atoms with E-state index in [2.05, 4.69) is 10.4 Å². The molecule has 0 saturated heterocycles. The highest BCUT2D eigenvalue weighted by molar-refractivity contribution is 5.94. The molecule has 148 valence electrons. The topological polar surface area (TPSA) is 64.0 Å². The number of aromatic nitrogens is 2. The predicted octanol–water partition coefficient (Wildman–Crippen LogP) is 4.48. The molecule has 1 N–H and O–H groups in total. The van der Waals surface area contributed by atoms with Crippen molar-refractivity contribution in [2.24, 2.45) is 0 Å². The number of amides is 1. The predicted molar refractivity (Wildman–Crippen MR) is 110 cm³/mol. The van der Waals surface area contributed by atoms with Crippen LogP contribution in [0.3, 0.4) is 0 Å². The first-order chi connectivity index (χ1) is 13.7. The van der Waals surface area contributed by atoms with Crippen molar-refractivity contribution in [3.05, 3.63) is 52.3 Å². The molecule has 1 heterocycles. The summed E-state index contributed by atoms with van der Waals surface area (Å²) in [6.07, 6.45) is 10.9. The van der Waals surface area contributed by atoms with Gasteiger partial charge in [0.05, 0.1) is 11.7 Å². The molecule has 5 heteroatoms. The highest BCUT2D eigenvalue weighted by Gasteiger charge is 2.25. The Bertz CT molecular complexity index is 861. The van der Waals surface area contributed by atoms with E-state index < -0.39 is 0 Å². The normalized spacial score (nSPS) is 18.7. The van der Waals surface area contributed by atoms with Gasteiger partial charge in [0.15, 0.2) is 0 Å². The Hall–Kier alpha value is -2.43. The molecule has 1 amide bonds. The van der Waals surface area contributed by atoms with Crippen LogP contribution in [0.15, 0.2) is 41.2 Å². The second-order valence-corrected chi connectivity index (χ2v) is 8.16. The average Bonchev–Trinajstić information content (AvgIpc) is 3.13. The van der Waals surface area contributed by atoms with E-state index in [1.165, 1.54) is 12.8 Å². The van der Waals surface area contributed by atoms with Gasteiger partial charge >= 0.3 is 0 Å². The molecular formula is C23H29N3O2. The molecule has 0 bridgehead atoms. The van der Waals surface area contributed by atoms with Gasteiger partial charge in [0.1, 0.15) is 5.56 Å². The molecule has 2 aliphatic carbocycles. The number of hydrogen-bond acceptors (Lipinski definition) is 3. The average molecular weight is 380 g/mol. The van der Waals surface area contributed by atoms with Gasteiger partial charge in [-0.3, -0.25) is 9.59 Å². The van der Waals surface area contributed by atoms with Crippen molar-refractivity contribution in [1.82, 2.24) is 15.1 Å². The molecule has 28 heavy (non-hydrogen) atoms. The van der Waals surface area contributed by atoms with Gasteiger partial charge in [-0.05, 0) is 31.7 Å². The van der Waals surface area contributed by atoms with Gasteiger partial charge in [-0.25, -0.2) is 4.68 Å². The van der Waals surface area contributed by atoms with Crippen LogP contribution in [0.5, 0.6) is 0 Å². The zero-order chi connectivity index (χ0) is 19.3. The molecule has 1 aromatic heterocycles. The van der Waals surface area contributed by atoms with Gasteiger partial charge in [0.2, 0.25) is 0 Å². The smallest absolute Gasteiger partial charge is 0.279 e. The molecule has 0 aliphatic heterocycles. The summed E-state index contributed by atoms with van der Waals surface area (Å²) < 4.78 is 1.58. The summed E-state index contributed by atoms with van der Waals surface area (Å²) in [5.41, 5.74) is 1.60. The lowest BCUT2D eigenvalue weighted by Gasteiger charge is -2.18. The number of nitrogens with one attached hydrogen (secondary N) is 1. The lowest BCUT2D eigenvalue weighted by molar-refractivity contribution is 0.0930. The van der Waals surface area contributed by atoms with Crippen molar-refractivity contribution in [3.63, 3.8) is 0 Å². The van der Waals surface area contributed by atoms with E-state index in [-0.39, 0.29) is 29.1 Å². The minimum Gasteiger partial charge on any atom is -0.349 e. The highest BCUT2D eigenvalue weighted by Crippen LogP contribution is 2.28. The fourth-order valence-electron chi connectivity index (χ4n) is 4.51. The minimum atomic E-state index is -0.252. The lowest BCUT2D eigenvalue weighted by Crippen LogP contribution is -2.40. The number of carbonyl (C=O) groups excluding carboxylic acids is 1.